The molecule has 0 aromatic heterocycles. The largest absolute Gasteiger partial charge is 0.300 e. The summed E-state index contributed by atoms with van der Waals surface area (Å²) in [5.74, 6) is -3.39. The first-order valence-corrected chi connectivity index (χ1v) is 4.68. The SMILES string of the molecule is CC(=O)CC(=O)C(=O)C(=O)c1ccccc1. The zero-order valence-electron chi connectivity index (χ0n) is 8.73. The van der Waals surface area contributed by atoms with E-state index < -0.39 is 29.6 Å². The number of ketones is 4. The van der Waals surface area contributed by atoms with Crippen LogP contribution in [0.3, 0.4) is 0 Å². The van der Waals surface area contributed by atoms with Gasteiger partial charge in [-0.05, 0) is 6.92 Å². The molecule has 0 saturated heterocycles. The molecule has 4 nitrogen and oxygen atoms in total. The van der Waals surface area contributed by atoms with Crippen LogP contribution in [0.4, 0.5) is 0 Å². The van der Waals surface area contributed by atoms with Crippen LogP contribution in [0.2, 0.25) is 0 Å². The fourth-order valence-electron chi connectivity index (χ4n) is 1.15. The maximum absolute atomic E-state index is 11.5. The van der Waals surface area contributed by atoms with E-state index in [-0.39, 0.29) is 5.56 Å². The first-order chi connectivity index (χ1) is 7.52. The molecule has 0 atom stereocenters. The third-order valence-corrected chi connectivity index (χ3v) is 1.90. The quantitative estimate of drug-likeness (QED) is 0.420. The zero-order valence-corrected chi connectivity index (χ0v) is 8.73. The number of Topliss-reactive ketones (excluding diaryl/α,β-unsaturated/α-hetero) is 4. The van der Waals surface area contributed by atoms with E-state index in [1.807, 2.05) is 0 Å². The number of hydrogen-bond donors (Lipinski definition) is 0. The fraction of sp³-hybridized carbons (Fsp3) is 0.167. The molecule has 0 bridgehead atoms. The molecule has 16 heavy (non-hydrogen) atoms. The van der Waals surface area contributed by atoms with Gasteiger partial charge in [0, 0.05) is 5.56 Å². The number of carbonyl (C=O) groups is 4. The van der Waals surface area contributed by atoms with Crippen LogP contribution in [0, 0.1) is 0 Å². The summed E-state index contributed by atoms with van der Waals surface area (Å²) in [6.07, 6.45) is -0.516. The normalized spacial score (nSPS) is 9.56. The topological polar surface area (TPSA) is 68.3 Å². The van der Waals surface area contributed by atoms with Gasteiger partial charge in [0.2, 0.25) is 11.6 Å². The van der Waals surface area contributed by atoms with Crippen molar-refractivity contribution >= 4 is 23.1 Å². The van der Waals surface area contributed by atoms with E-state index in [9.17, 15) is 19.2 Å². The molecule has 0 amide bonds. The lowest BCUT2D eigenvalue weighted by Crippen LogP contribution is -2.25. The van der Waals surface area contributed by atoms with Crippen molar-refractivity contribution in [3.05, 3.63) is 35.9 Å². The van der Waals surface area contributed by atoms with E-state index in [0.717, 1.165) is 0 Å². The predicted octanol–water partition coefficient (Wildman–Crippen LogP) is 0.987. The minimum Gasteiger partial charge on any atom is -0.300 e. The van der Waals surface area contributed by atoms with Crippen molar-refractivity contribution in [1.82, 2.24) is 0 Å². The number of hydrogen-bond acceptors (Lipinski definition) is 4. The second-order valence-electron chi connectivity index (χ2n) is 3.33. The molecular weight excluding hydrogens is 208 g/mol. The second-order valence-corrected chi connectivity index (χ2v) is 3.33. The van der Waals surface area contributed by atoms with Gasteiger partial charge in [-0.15, -0.1) is 0 Å². The van der Waals surface area contributed by atoms with Crippen LogP contribution in [0.25, 0.3) is 0 Å². The van der Waals surface area contributed by atoms with Crippen LogP contribution in [-0.4, -0.2) is 23.1 Å². The summed E-state index contributed by atoms with van der Waals surface area (Å²) in [4.78, 5) is 44.6. The van der Waals surface area contributed by atoms with Crippen LogP contribution in [0.5, 0.6) is 0 Å². The molecule has 0 aliphatic carbocycles. The van der Waals surface area contributed by atoms with Crippen molar-refractivity contribution in [2.75, 3.05) is 0 Å². The molecule has 1 aromatic rings. The molecule has 0 fully saturated rings. The van der Waals surface area contributed by atoms with Crippen molar-refractivity contribution in [3.63, 3.8) is 0 Å². The van der Waals surface area contributed by atoms with Gasteiger partial charge < -0.3 is 0 Å². The molecule has 0 aliphatic heterocycles. The highest BCUT2D eigenvalue weighted by atomic mass is 16.2. The fourth-order valence-corrected chi connectivity index (χ4v) is 1.15. The Morgan fingerprint density at radius 3 is 2.06 bits per heavy atom. The van der Waals surface area contributed by atoms with Gasteiger partial charge in [-0.3, -0.25) is 19.2 Å². The first kappa shape index (κ1) is 12.0. The van der Waals surface area contributed by atoms with Crippen LogP contribution in [0.1, 0.15) is 23.7 Å². The molecule has 0 unspecified atom stereocenters. The van der Waals surface area contributed by atoms with Crippen LogP contribution >= 0.6 is 0 Å². The molecule has 1 aromatic carbocycles. The van der Waals surface area contributed by atoms with Gasteiger partial charge in [-0.2, -0.15) is 0 Å². The molecule has 82 valence electrons. The van der Waals surface area contributed by atoms with E-state index in [0.29, 0.717) is 0 Å². The maximum atomic E-state index is 11.5. The third-order valence-electron chi connectivity index (χ3n) is 1.90. The van der Waals surface area contributed by atoms with E-state index >= 15 is 0 Å². The number of carbonyl (C=O) groups excluding carboxylic acids is 4. The van der Waals surface area contributed by atoms with E-state index in [1.165, 1.54) is 19.1 Å². The third kappa shape index (κ3) is 2.95. The highest BCUT2D eigenvalue weighted by molar-refractivity contribution is 6.67. The zero-order chi connectivity index (χ0) is 12.1. The molecule has 0 spiro atoms. The summed E-state index contributed by atoms with van der Waals surface area (Å²) < 4.78 is 0. The summed E-state index contributed by atoms with van der Waals surface area (Å²) in [7, 11) is 0. The molecule has 0 saturated carbocycles. The van der Waals surface area contributed by atoms with Crippen LogP contribution in [-0.2, 0) is 14.4 Å². The highest BCUT2D eigenvalue weighted by Crippen LogP contribution is 2.02. The molecule has 1 rings (SSSR count). The predicted molar refractivity (Wildman–Crippen MR) is 56.1 cm³/mol. The lowest BCUT2D eigenvalue weighted by Gasteiger charge is -1.97. The Morgan fingerprint density at radius 1 is 1.00 bits per heavy atom. The van der Waals surface area contributed by atoms with Gasteiger partial charge in [0.25, 0.3) is 5.78 Å². The Kier molecular flexibility index (Phi) is 3.83. The summed E-state index contributed by atoms with van der Waals surface area (Å²) in [5.41, 5.74) is 0.157. The Hall–Kier alpha value is -2.10. The lowest BCUT2D eigenvalue weighted by atomic mass is 10.0. The summed E-state index contributed by atoms with van der Waals surface area (Å²) in [6, 6.07) is 7.77. The number of benzene rings is 1. The van der Waals surface area contributed by atoms with E-state index in [2.05, 4.69) is 0 Å². The van der Waals surface area contributed by atoms with Crippen molar-refractivity contribution in [1.29, 1.82) is 0 Å². The summed E-state index contributed by atoms with van der Waals surface area (Å²) >= 11 is 0. The molecule has 0 heterocycles. The Bertz CT molecular complexity index is 445. The first-order valence-electron chi connectivity index (χ1n) is 4.68. The van der Waals surface area contributed by atoms with Gasteiger partial charge in [0.1, 0.15) is 5.78 Å². The Labute approximate surface area is 92.3 Å². The highest BCUT2D eigenvalue weighted by Gasteiger charge is 2.24. The monoisotopic (exact) mass is 218 g/mol. The van der Waals surface area contributed by atoms with Crippen LogP contribution in [0.15, 0.2) is 30.3 Å². The average Bonchev–Trinajstić information content (AvgIpc) is 2.27. The van der Waals surface area contributed by atoms with E-state index in [4.69, 9.17) is 0 Å². The van der Waals surface area contributed by atoms with E-state index in [1.54, 1.807) is 18.2 Å². The molecule has 4 heteroatoms. The number of rotatable bonds is 5. The van der Waals surface area contributed by atoms with Gasteiger partial charge in [-0.25, -0.2) is 0 Å². The standard InChI is InChI=1S/C12H10O4/c1-8(13)7-10(14)12(16)11(15)9-5-3-2-4-6-9/h2-6H,7H2,1H3. The lowest BCUT2D eigenvalue weighted by molar-refractivity contribution is -0.136. The van der Waals surface area contributed by atoms with Crippen molar-refractivity contribution in [3.8, 4) is 0 Å². The molecule has 0 aliphatic rings. The maximum Gasteiger partial charge on any atom is 0.269 e. The van der Waals surface area contributed by atoms with Gasteiger partial charge in [0.15, 0.2) is 0 Å². The minimum atomic E-state index is -1.14. The smallest absolute Gasteiger partial charge is 0.269 e. The second kappa shape index (κ2) is 5.11. The summed E-state index contributed by atoms with van der Waals surface area (Å²) in [5, 5.41) is 0. The van der Waals surface area contributed by atoms with Crippen molar-refractivity contribution in [2.45, 2.75) is 13.3 Å². The Balaban J connectivity index is 2.80. The molecule has 0 N–H and O–H groups in total. The van der Waals surface area contributed by atoms with Crippen LogP contribution < -0.4 is 0 Å². The van der Waals surface area contributed by atoms with Gasteiger partial charge in [0.05, 0.1) is 6.42 Å². The molecular formula is C12H10O4. The van der Waals surface area contributed by atoms with Crippen molar-refractivity contribution in [2.24, 2.45) is 0 Å². The minimum absolute atomic E-state index is 0.157. The molecule has 0 radical (unpaired) electrons. The van der Waals surface area contributed by atoms with Crippen molar-refractivity contribution < 1.29 is 19.2 Å². The summed E-state index contributed by atoms with van der Waals surface area (Å²) in [6.45, 7) is 1.19. The Morgan fingerprint density at radius 2 is 1.56 bits per heavy atom. The van der Waals surface area contributed by atoms with Gasteiger partial charge in [-0.1, -0.05) is 30.3 Å². The average molecular weight is 218 g/mol. The van der Waals surface area contributed by atoms with Gasteiger partial charge >= 0.3 is 0 Å².